The Kier molecular flexibility index (Phi) is 35.7. The molecule has 9 atom stereocenters. The van der Waals surface area contributed by atoms with Gasteiger partial charge in [0.1, 0.15) is 61.0 Å². The SMILES string of the molecule is NCCCC[C@H](NC(=O)[C@@H](NC(=O)[C@H](Cc1c[nH]c2ccccc12)NC(=O)[C@H](CCCCN)NC(=O)[C@H](CCCCN)NC(=O)[C@H](Cc1c[nH]c2ccccc12)NC(=O)[C@H](Cc1c[nH]c2ccccc12)NC(=O)[C@H](CCCCN)NC(=O)[C@H](CCCCN)NC(=O)COCCN)C(c1ccccc1)c1ccccc1)C(N)=O. The molecule has 30 nitrogen and oxygen atoms in total. The van der Waals surface area contributed by atoms with Gasteiger partial charge in [-0.3, -0.25) is 47.9 Å². The second-order valence-electron chi connectivity index (χ2n) is 28.2. The summed E-state index contributed by atoms with van der Waals surface area (Å²) in [4.78, 5) is 158. The predicted octanol–water partition coefficient (Wildman–Crippen LogP) is 2.46. The molecule has 0 aliphatic carbocycles. The molecule has 0 aliphatic heterocycles. The number of carbonyl (C=O) groups excluding carboxylic acids is 10. The van der Waals surface area contributed by atoms with Crippen molar-refractivity contribution in [3.05, 3.63) is 180 Å². The number of amides is 10. The number of rotatable bonds is 51. The zero-order valence-corrected chi connectivity index (χ0v) is 63.6. The summed E-state index contributed by atoms with van der Waals surface area (Å²) in [7, 11) is 0. The summed E-state index contributed by atoms with van der Waals surface area (Å²) in [5.74, 6) is -8.37. The summed E-state index contributed by atoms with van der Waals surface area (Å²) < 4.78 is 5.34. The van der Waals surface area contributed by atoms with E-state index in [9.17, 15) is 14.4 Å². The number of carbonyl (C=O) groups is 10. The van der Waals surface area contributed by atoms with Crippen molar-refractivity contribution in [3.63, 3.8) is 0 Å². The maximum Gasteiger partial charge on any atom is 0.246 e. The minimum Gasteiger partial charge on any atom is -0.370 e. The fraction of sp³-hybridized carbons (Fsp3) is 0.439. The van der Waals surface area contributed by atoms with Crippen molar-refractivity contribution in [1.82, 2.24) is 62.8 Å². The zero-order chi connectivity index (χ0) is 80.2. The molecule has 5 aromatic carbocycles. The number of unbranched alkanes of at least 4 members (excludes halogenated alkanes) is 5. The molecule has 0 fully saturated rings. The van der Waals surface area contributed by atoms with Crippen molar-refractivity contribution < 1.29 is 52.7 Å². The molecule has 0 saturated carbocycles. The van der Waals surface area contributed by atoms with E-state index in [-0.39, 0.29) is 90.8 Å². The number of primary amides is 1. The number of nitrogens with one attached hydrogen (secondary N) is 12. The highest BCUT2D eigenvalue weighted by atomic mass is 16.5. The quantitative estimate of drug-likeness (QED) is 0.0243. The Hall–Kier alpha value is -10.9. The molecule has 602 valence electrons. The Morgan fingerprint density at radius 3 is 0.929 bits per heavy atom. The van der Waals surface area contributed by atoms with Gasteiger partial charge in [-0.2, -0.15) is 0 Å². The van der Waals surface area contributed by atoms with Gasteiger partial charge < -0.3 is 108 Å². The lowest BCUT2D eigenvalue weighted by Crippen LogP contribution is -2.61. The van der Waals surface area contributed by atoms with Gasteiger partial charge >= 0.3 is 0 Å². The van der Waals surface area contributed by atoms with Crippen molar-refractivity contribution in [2.45, 2.75) is 176 Å². The van der Waals surface area contributed by atoms with E-state index >= 15 is 33.6 Å². The molecule has 8 aromatic rings. The number of ether oxygens (including phenoxy) is 1. The van der Waals surface area contributed by atoms with Crippen LogP contribution in [0.1, 0.15) is 130 Å². The summed E-state index contributed by atoms with van der Waals surface area (Å²) in [6, 6.07) is 28.2. The Bertz CT molecular complexity index is 4280. The highest BCUT2D eigenvalue weighted by molar-refractivity contribution is 6.00. The van der Waals surface area contributed by atoms with Crippen LogP contribution in [0.4, 0.5) is 0 Å². The highest BCUT2D eigenvalue weighted by Gasteiger charge is 2.39. The average molecular weight is 1540 g/mol. The van der Waals surface area contributed by atoms with Crippen LogP contribution in [-0.2, 0) is 71.9 Å². The van der Waals surface area contributed by atoms with Crippen molar-refractivity contribution in [2.75, 3.05) is 52.5 Å². The van der Waals surface area contributed by atoms with E-state index in [4.69, 9.17) is 44.9 Å². The van der Waals surface area contributed by atoms with Crippen LogP contribution in [-0.4, -0.2) is 181 Å². The largest absolute Gasteiger partial charge is 0.370 e. The van der Waals surface area contributed by atoms with Crippen LogP contribution in [0, 0.1) is 0 Å². The van der Waals surface area contributed by atoms with Gasteiger partial charge in [-0.15, -0.1) is 0 Å². The first-order chi connectivity index (χ1) is 54.4. The first kappa shape index (κ1) is 86.7. The van der Waals surface area contributed by atoms with Crippen LogP contribution >= 0.6 is 0 Å². The third-order valence-electron chi connectivity index (χ3n) is 19.9. The molecule has 10 amide bonds. The molecule has 0 bridgehead atoms. The molecule has 8 rings (SSSR count). The van der Waals surface area contributed by atoms with Gasteiger partial charge in [0.05, 0.1) is 6.61 Å². The third-order valence-corrected chi connectivity index (χ3v) is 19.9. The third kappa shape index (κ3) is 26.1. The predicted molar refractivity (Wildman–Crippen MR) is 432 cm³/mol. The summed E-state index contributed by atoms with van der Waals surface area (Å²) in [5, 5.41) is 28.3. The standard InChI is InChI=1S/C82H113N19O11/c83-38-18-13-33-63(74(89)103)94-82(111)73(72(52-23-3-1-4-24-52)53-25-5-2-6-26-53)101-81(110)70(47-56-50-92-62-32-12-9-29-59(56)62)99-78(107)67(37-17-22-42-87)96-76(105)65(35-15-20-40-85)97-79(108)68(45-54-48-90-60-30-10-7-27-57(54)60)100-80(109)69(46-55-49-91-61-31-11-8-28-58(55)61)98-77(106)66(36-16-21-41-86)95-75(104)64(34-14-19-39-84)93-71(102)51-112-44-43-88/h1-12,23-32,48-50,63-70,72-73,90-92H,13-22,33-47,51,83-88H2,(H2,89,103)(H,93,102)(H,94,111)(H,95,104)(H,96,105)(H,97,108)(H,98,106)(H,99,107)(H,100,109)(H,101,110)/t63-,64-,65-,66-,67-,68-,69-,70-,73-/m0/s1. The van der Waals surface area contributed by atoms with E-state index in [0.717, 1.165) is 32.7 Å². The molecule has 3 heterocycles. The van der Waals surface area contributed by atoms with E-state index < -0.39 is 119 Å². The van der Waals surface area contributed by atoms with E-state index in [1.54, 1.807) is 42.9 Å². The van der Waals surface area contributed by atoms with Gasteiger partial charge in [-0.25, -0.2) is 0 Å². The molecular weight excluding hydrogens is 1430 g/mol. The van der Waals surface area contributed by atoms with Crippen LogP contribution in [0.25, 0.3) is 32.7 Å². The zero-order valence-electron chi connectivity index (χ0n) is 63.6. The van der Waals surface area contributed by atoms with Crippen LogP contribution in [0.5, 0.6) is 0 Å². The Balaban J connectivity index is 1.12. The molecule has 3 aromatic heterocycles. The fourth-order valence-electron chi connectivity index (χ4n) is 13.8. The smallest absolute Gasteiger partial charge is 0.246 e. The molecule has 0 saturated heterocycles. The van der Waals surface area contributed by atoms with Crippen molar-refractivity contribution in [1.29, 1.82) is 0 Å². The molecule has 0 radical (unpaired) electrons. The van der Waals surface area contributed by atoms with Crippen molar-refractivity contribution in [3.8, 4) is 0 Å². The van der Waals surface area contributed by atoms with Crippen LogP contribution < -0.4 is 88.0 Å². The van der Waals surface area contributed by atoms with E-state index in [0.29, 0.717) is 105 Å². The highest BCUT2D eigenvalue weighted by Crippen LogP contribution is 2.30. The molecule has 0 unspecified atom stereocenters. The molecule has 112 heavy (non-hydrogen) atoms. The topological polar surface area (TPSA) is 518 Å². The number of hydrogen-bond donors (Lipinski definition) is 19. The Labute approximate surface area is 652 Å². The van der Waals surface area contributed by atoms with Gasteiger partial charge in [0.15, 0.2) is 0 Å². The molecule has 0 spiro atoms. The monoisotopic (exact) mass is 1540 g/mol. The minimum atomic E-state index is -1.47. The lowest BCUT2D eigenvalue weighted by molar-refractivity contribution is -0.136. The minimum absolute atomic E-state index is 0.00152. The molecular formula is C82H113N19O11. The lowest BCUT2D eigenvalue weighted by atomic mass is 9.84. The van der Waals surface area contributed by atoms with E-state index in [1.807, 2.05) is 109 Å². The fourth-order valence-corrected chi connectivity index (χ4v) is 13.8. The first-order valence-electron chi connectivity index (χ1n) is 38.9. The first-order valence-corrected chi connectivity index (χ1v) is 38.9. The van der Waals surface area contributed by atoms with Crippen molar-refractivity contribution in [2.24, 2.45) is 40.1 Å². The van der Waals surface area contributed by atoms with Gasteiger partial charge in [0, 0.05) is 83.0 Å². The van der Waals surface area contributed by atoms with Gasteiger partial charge in [-0.05, 0) is 175 Å². The van der Waals surface area contributed by atoms with E-state index in [2.05, 4.69) is 62.8 Å². The number of H-pyrrole nitrogens is 3. The number of nitrogens with two attached hydrogens (primary N) is 7. The van der Waals surface area contributed by atoms with Crippen LogP contribution in [0.15, 0.2) is 152 Å². The number of aromatic nitrogens is 3. The summed E-state index contributed by atoms with van der Waals surface area (Å²) in [5.41, 5.74) is 46.5. The van der Waals surface area contributed by atoms with Gasteiger partial charge in [0.2, 0.25) is 59.1 Å². The molecule has 26 N–H and O–H groups in total. The van der Waals surface area contributed by atoms with Crippen LogP contribution in [0.2, 0.25) is 0 Å². The molecule has 0 aliphatic rings. The second kappa shape index (κ2) is 46.1. The number of para-hydroxylation sites is 3. The second-order valence-corrected chi connectivity index (χ2v) is 28.2. The average Bonchev–Trinajstić information content (AvgIpc) is 0.949. The number of hydrogen-bond acceptors (Lipinski definition) is 17. The summed E-state index contributed by atoms with van der Waals surface area (Å²) in [6.07, 6.45) is 9.54. The Morgan fingerprint density at radius 2 is 0.598 bits per heavy atom. The van der Waals surface area contributed by atoms with Crippen LogP contribution in [0.3, 0.4) is 0 Å². The van der Waals surface area contributed by atoms with Crippen molar-refractivity contribution >= 4 is 91.8 Å². The summed E-state index contributed by atoms with van der Waals surface area (Å²) >= 11 is 0. The van der Waals surface area contributed by atoms with Gasteiger partial charge in [0.25, 0.3) is 0 Å². The van der Waals surface area contributed by atoms with E-state index in [1.165, 1.54) is 0 Å². The maximum absolute atomic E-state index is 15.6. The molecule has 30 heteroatoms. The summed E-state index contributed by atoms with van der Waals surface area (Å²) in [6.45, 7) is 1.32. The lowest BCUT2D eigenvalue weighted by Gasteiger charge is -2.31. The number of fused-ring (bicyclic) bond motifs is 3. The number of aromatic amines is 3. The maximum atomic E-state index is 15.6. The Morgan fingerprint density at radius 1 is 0.312 bits per heavy atom. The number of benzene rings is 5. The normalized spacial score (nSPS) is 13.8. The van der Waals surface area contributed by atoms with Gasteiger partial charge in [-0.1, -0.05) is 115 Å².